The van der Waals surface area contributed by atoms with E-state index >= 15 is 0 Å². The van der Waals surface area contributed by atoms with E-state index in [0.29, 0.717) is 24.7 Å². The number of halogens is 2. The summed E-state index contributed by atoms with van der Waals surface area (Å²) in [6.07, 6.45) is 0. The summed E-state index contributed by atoms with van der Waals surface area (Å²) in [4.78, 5) is 16.4. The predicted octanol–water partition coefficient (Wildman–Crippen LogP) is 3.57. The van der Waals surface area contributed by atoms with Gasteiger partial charge in [-0.05, 0) is 29.8 Å². The van der Waals surface area contributed by atoms with E-state index in [-0.39, 0.29) is 11.5 Å². The van der Waals surface area contributed by atoms with E-state index < -0.39 is 5.82 Å². The molecule has 3 rings (SSSR count). The second-order valence-corrected chi connectivity index (χ2v) is 5.84. The van der Waals surface area contributed by atoms with Crippen LogP contribution < -0.4 is 4.90 Å². The van der Waals surface area contributed by atoms with Crippen molar-refractivity contribution in [2.45, 2.75) is 6.54 Å². The molecule has 0 bridgehead atoms. The zero-order valence-corrected chi connectivity index (χ0v) is 13.0. The van der Waals surface area contributed by atoms with E-state index in [1.807, 2.05) is 31.3 Å². The van der Waals surface area contributed by atoms with Crippen molar-refractivity contribution in [3.8, 4) is 0 Å². The summed E-state index contributed by atoms with van der Waals surface area (Å²) >= 11 is 5.89. The quantitative estimate of drug-likeness (QED) is 0.802. The van der Waals surface area contributed by atoms with Crippen molar-refractivity contribution in [1.29, 1.82) is 0 Å². The van der Waals surface area contributed by atoms with E-state index in [9.17, 15) is 9.18 Å². The summed E-state index contributed by atoms with van der Waals surface area (Å²) in [5, 5.41) is 0.358. The lowest BCUT2D eigenvalue weighted by Crippen LogP contribution is -2.34. The van der Waals surface area contributed by atoms with Gasteiger partial charge in [0.05, 0.1) is 5.56 Å². The first-order chi connectivity index (χ1) is 10.6. The number of carbonyl (C=O) groups is 1. The maximum Gasteiger partial charge on any atom is 0.257 e. The van der Waals surface area contributed by atoms with Crippen molar-refractivity contribution in [3.05, 3.63) is 64.4 Å². The molecule has 0 unspecified atom stereocenters. The molecule has 0 N–H and O–H groups in total. The van der Waals surface area contributed by atoms with Crippen LogP contribution in [0.4, 0.5) is 10.1 Å². The fourth-order valence-electron chi connectivity index (χ4n) is 2.70. The molecule has 1 amide bonds. The molecule has 114 valence electrons. The molecule has 1 aliphatic heterocycles. The van der Waals surface area contributed by atoms with Gasteiger partial charge in [0.2, 0.25) is 0 Å². The van der Waals surface area contributed by atoms with Gasteiger partial charge in [0.15, 0.2) is 0 Å². The molecular weight excluding hydrogens is 303 g/mol. The Morgan fingerprint density at radius 1 is 1.18 bits per heavy atom. The van der Waals surface area contributed by atoms with Crippen LogP contribution in [0.2, 0.25) is 5.02 Å². The summed E-state index contributed by atoms with van der Waals surface area (Å²) in [6.45, 7) is 1.70. The van der Waals surface area contributed by atoms with Crippen LogP contribution in [-0.2, 0) is 6.54 Å². The number of benzene rings is 2. The summed E-state index contributed by atoms with van der Waals surface area (Å²) in [7, 11) is 1.99. The van der Waals surface area contributed by atoms with Gasteiger partial charge in [0.1, 0.15) is 5.82 Å². The third-order valence-electron chi connectivity index (χ3n) is 3.92. The minimum atomic E-state index is -0.541. The Kier molecular flexibility index (Phi) is 4.03. The molecule has 22 heavy (non-hydrogen) atoms. The average Bonchev–Trinajstić information content (AvgIpc) is 2.69. The Morgan fingerprint density at radius 2 is 1.95 bits per heavy atom. The highest BCUT2D eigenvalue weighted by atomic mass is 35.5. The second kappa shape index (κ2) is 5.97. The molecule has 0 aromatic heterocycles. The number of nitrogens with zero attached hydrogens (tertiary/aromatic N) is 2. The summed E-state index contributed by atoms with van der Waals surface area (Å²) < 4.78 is 13.9. The van der Waals surface area contributed by atoms with Gasteiger partial charge in [0, 0.05) is 37.4 Å². The molecule has 0 aliphatic carbocycles. The maximum atomic E-state index is 13.9. The molecule has 0 radical (unpaired) electrons. The highest BCUT2D eigenvalue weighted by Crippen LogP contribution is 2.25. The highest BCUT2D eigenvalue weighted by molar-refractivity contribution is 6.31. The standard InChI is InChI=1S/C17H16ClFN2O/c1-20-8-9-21(11-12-4-2-3-5-16(12)20)17(22)14-10-13(18)6-7-15(14)19/h2-7,10H,8-9,11H2,1H3. The fourth-order valence-corrected chi connectivity index (χ4v) is 2.87. The van der Waals surface area contributed by atoms with Crippen LogP contribution in [0.15, 0.2) is 42.5 Å². The van der Waals surface area contributed by atoms with E-state index in [4.69, 9.17) is 11.6 Å². The molecule has 3 nitrogen and oxygen atoms in total. The molecule has 0 spiro atoms. The SMILES string of the molecule is CN1CCN(C(=O)c2cc(Cl)ccc2F)Cc2ccccc21. The van der Waals surface area contributed by atoms with Crippen LogP contribution >= 0.6 is 11.6 Å². The monoisotopic (exact) mass is 318 g/mol. The predicted molar refractivity (Wildman–Crippen MR) is 85.9 cm³/mol. The lowest BCUT2D eigenvalue weighted by molar-refractivity contribution is 0.0747. The molecule has 0 saturated heterocycles. The molecule has 5 heteroatoms. The Morgan fingerprint density at radius 3 is 2.77 bits per heavy atom. The van der Waals surface area contributed by atoms with Crippen molar-refractivity contribution in [3.63, 3.8) is 0 Å². The Labute approximate surface area is 133 Å². The number of fused-ring (bicyclic) bond motifs is 1. The number of hydrogen-bond acceptors (Lipinski definition) is 2. The first kappa shape index (κ1) is 14.9. The second-order valence-electron chi connectivity index (χ2n) is 5.40. The summed E-state index contributed by atoms with van der Waals surface area (Å²) in [6, 6.07) is 12.0. The zero-order chi connectivity index (χ0) is 15.7. The van der Waals surface area contributed by atoms with Crippen LogP contribution in [0.25, 0.3) is 0 Å². The normalized spacial score (nSPS) is 14.5. The molecule has 1 heterocycles. The zero-order valence-electron chi connectivity index (χ0n) is 12.2. The maximum absolute atomic E-state index is 13.9. The molecule has 0 fully saturated rings. The van der Waals surface area contributed by atoms with Crippen LogP contribution in [0.5, 0.6) is 0 Å². The van der Waals surface area contributed by atoms with Crippen LogP contribution in [0.3, 0.4) is 0 Å². The van der Waals surface area contributed by atoms with Gasteiger partial charge in [-0.1, -0.05) is 29.8 Å². The van der Waals surface area contributed by atoms with Crippen LogP contribution in [-0.4, -0.2) is 30.9 Å². The lowest BCUT2D eigenvalue weighted by Gasteiger charge is -2.21. The van der Waals surface area contributed by atoms with Gasteiger partial charge in [-0.15, -0.1) is 0 Å². The number of rotatable bonds is 1. The van der Waals surface area contributed by atoms with Crippen molar-refractivity contribution < 1.29 is 9.18 Å². The van der Waals surface area contributed by atoms with Crippen LogP contribution in [0.1, 0.15) is 15.9 Å². The molecular formula is C17H16ClFN2O. The summed E-state index contributed by atoms with van der Waals surface area (Å²) in [5.74, 6) is -0.870. The number of anilines is 1. The van der Waals surface area contributed by atoms with Crippen molar-refractivity contribution in [2.24, 2.45) is 0 Å². The number of carbonyl (C=O) groups excluding carboxylic acids is 1. The van der Waals surface area contributed by atoms with Gasteiger partial charge in [-0.25, -0.2) is 4.39 Å². The van der Waals surface area contributed by atoms with E-state index in [0.717, 1.165) is 11.3 Å². The minimum absolute atomic E-state index is 0.0227. The Balaban J connectivity index is 1.93. The van der Waals surface area contributed by atoms with Crippen molar-refractivity contribution in [1.82, 2.24) is 4.90 Å². The first-order valence-corrected chi connectivity index (χ1v) is 7.47. The fraction of sp³-hybridized carbons (Fsp3) is 0.235. The topological polar surface area (TPSA) is 23.6 Å². The Hall–Kier alpha value is -2.07. The van der Waals surface area contributed by atoms with Crippen molar-refractivity contribution in [2.75, 3.05) is 25.0 Å². The number of para-hydroxylation sites is 1. The Bertz CT molecular complexity index is 720. The molecule has 2 aromatic carbocycles. The van der Waals surface area contributed by atoms with E-state index in [1.165, 1.54) is 18.2 Å². The summed E-state index contributed by atoms with van der Waals surface area (Å²) in [5.41, 5.74) is 2.18. The smallest absolute Gasteiger partial charge is 0.257 e. The number of hydrogen-bond donors (Lipinski definition) is 0. The van der Waals surface area contributed by atoms with E-state index in [1.54, 1.807) is 4.90 Å². The number of amides is 1. The van der Waals surface area contributed by atoms with Gasteiger partial charge < -0.3 is 9.80 Å². The first-order valence-electron chi connectivity index (χ1n) is 7.09. The van der Waals surface area contributed by atoms with Crippen LogP contribution in [0, 0.1) is 5.82 Å². The minimum Gasteiger partial charge on any atom is -0.373 e. The van der Waals surface area contributed by atoms with Gasteiger partial charge in [0.25, 0.3) is 5.91 Å². The third-order valence-corrected chi connectivity index (χ3v) is 4.15. The van der Waals surface area contributed by atoms with Crippen molar-refractivity contribution >= 4 is 23.2 Å². The third kappa shape index (κ3) is 2.79. The lowest BCUT2D eigenvalue weighted by atomic mass is 10.1. The molecule has 0 atom stereocenters. The molecule has 1 aliphatic rings. The average molecular weight is 319 g/mol. The molecule has 0 saturated carbocycles. The van der Waals surface area contributed by atoms with Gasteiger partial charge in [-0.3, -0.25) is 4.79 Å². The highest BCUT2D eigenvalue weighted by Gasteiger charge is 2.24. The van der Waals surface area contributed by atoms with Gasteiger partial charge in [-0.2, -0.15) is 0 Å². The van der Waals surface area contributed by atoms with Gasteiger partial charge >= 0.3 is 0 Å². The molecule has 2 aromatic rings. The largest absolute Gasteiger partial charge is 0.373 e. The number of likely N-dealkylation sites (N-methyl/N-ethyl adjacent to an activating group) is 1. The van der Waals surface area contributed by atoms with E-state index in [2.05, 4.69) is 4.90 Å².